The molecule has 2 N–H and O–H groups in total. The Morgan fingerprint density at radius 1 is 1.19 bits per heavy atom. The van der Waals surface area contributed by atoms with Gasteiger partial charge in [-0.25, -0.2) is 5.48 Å². The van der Waals surface area contributed by atoms with Gasteiger partial charge in [0.2, 0.25) is 0 Å². The minimum absolute atomic E-state index is 0.0335. The summed E-state index contributed by atoms with van der Waals surface area (Å²) in [5.74, 6) is -0.00838. The highest BCUT2D eigenvalue weighted by Crippen LogP contribution is 2.24. The van der Waals surface area contributed by atoms with Crippen molar-refractivity contribution in [3.05, 3.63) is 69.7 Å². The first-order valence-electron chi connectivity index (χ1n) is 7.62. The SMILES string of the molecule is COc1ccc(C=NCC(=O)c2ccc(/C=C/C(=O)NO)cc2)cc1Br. The van der Waals surface area contributed by atoms with Crippen molar-refractivity contribution in [3.8, 4) is 5.75 Å². The molecule has 0 bridgehead atoms. The summed E-state index contributed by atoms with van der Waals surface area (Å²) >= 11 is 3.40. The van der Waals surface area contributed by atoms with Crippen LogP contribution in [0.4, 0.5) is 0 Å². The lowest BCUT2D eigenvalue weighted by atomic mass is 10.1. The molecule has 0 aliphatic rings. The fourth-order valence-electron chi connectivity index (χ4n) is 2.08. The molecule has 0 radical (unpaired) electrons. The topological polar surface area (TPSA) is 88.0 Å². The fourth-order valence-corrected chi connectivity index (χ4v) is 2.64. The Hall–Kier alpha value is -2.77. The summed E-state index contributed by atoms with van der Waals surface area (Å²) in [5.41, 5.74) is 3.62. The van der Waals surface area contributed by atoms with Crippen LogP contribution in [0.2, 0.25) is 0 Å². The quantitative estimate of drug-likeness (QED) is 0.238. The second-order valence-electron chi connectivity index (χ2n) is 5.22. The van der Waals surface area contributed by atoms with E-state index in [0.717, 1.165) is 21.3 Å². The van der Waals surface area contributed by atoms with E-state index in [0.29, 0.717) is 5.56 Å². The number of hydrogen-bond acceptors (Lipinski definition) is 5. The Labute approximate surface area is 159 Å². The molecule has 0 aliphatic heterocycles. The summed E-state index contributed by atoms with van der Waals surface area (Å²) in [4.78, 5) is 27.3. The standard InChI is InChI=1S/C19H17BrN2O4/c1-26-18-8-4-14(10-16(18)20)11-21-12-17(23)15-6-2-13(3-7-15)5-9-19(24)22-25/h2-11,25H,12H2,1H3,(H,22,24)/b9-5+,21-11?. The predicted molar refractivity (Wildman–Crippen MR) is 103 cm³/mol. The summed E-state index contributed by atoms with van der Waals surface area (Å²) in [6.45, 7) is 0.0335. The van der Waals surface area contributed by atoms with Crippen molar-refractivity contribution in [2.24, 2.45) is 4.99 Å². The summed E-state index contributed by atoms with van der Waals surface area (Å²) in [6, 6.07) is 12.3. The number of ketones is 1. The van der Waals surface area contributed by atoms with Crippen LogP contribution in [0, 0.1) is 0 Å². The van der Waals surface area contributed by atoms with Crippen LogP contribution in [0.3, 0.4) is 0 Å². The third kappa shape index (κ3) is 5.65. The molecule has 6 nitrogen and oxygen atoms in total. The number of rotatable bonds is 7. The van der Waals surface area contributed by atoms with Gasteiger partial charge in [0.05, 0.1) is 11.6 Å². The lowest BCUT2D eigenvalue weighted by Gasteiger charge is -2.03. The average Bonchev–Trinajstić information content (AvgIpc) is 2.66. The van der Waals surface area contributed by atoms with Gasteiger partial charge in [0, 0.05) is 17.9 Å². The number of nitrogens with zero attached hydrogens (tertiary/aromatic N) is 1. The Morgan fingerprint density at radius 2 is 1.88 bits per heavy atom. The Kier molecular flexibility index (Phi) is 7.25. The maximum Gasteiger partial charge on any atom is 0.267 e. The van der Waals surface area contributed by atoms with Crippen LogP contribution >= 0.6 is 15.9 Å². The highest BCUT2D eigenvalue weighted by atomic mass is 79.9. The Bertz CT molecular complexity index is 845. The normalized spacial score (nSPS) is 11.0. The van der Waals surface area contributed by atoms with Crippen LogP contribution in [0.25, 0.3) is 6.08 Å². The van der Waals surface area contributed by atoms with Gasteiger partial charge in [-0.15, -0.1) is 0 Å². The highest BCUT2D eigenvalue weighted by Gasteiger charge is 2.04. The number of amides is 1. The minimum Gasteiger partial charge on any atom is -0.496 e. The van der Waals surface area contributed by atoms with E-state index in [1.807, 2.05) is 18.2 Å². The number of hydrogen-bond donors (Lipinski definition) is 2. The van der Waals surface area contributed by atoms with Crippen molar-refractivity contribution < 1.29 is 19.5 Å². The molecular weight excluding hydrogens is 400 g/mol. The zero-order valence-electron chi connectivity index (χ0n) is 14.0. The fraction of sp³-hybridized carbons (Fsp3) is 0.105. The minimum atomic E-state index is -0.621. The van der Waals surface area contributed by atoms with Crippen molar-refractivity contribution in [2.45, 2.75) is 0 Å². The van der Waals surface area contributed by atoms with Gasteiger partial charge in [-0.2, -0.15) is 0 Å². The van der Waals surface area contributed by atoms with Crippen molar-refractivity contribution in [1.82, 2.24) is 5.48 Å². The van der Waals surface area contributed by atoms with E-state index >= 15 is 0 Å². The summed E-state index contributed by atoms with van der Waals surface area (Å²) < 4.78 is 5.98. The molecule has 134 valence electrons. The zero-order chi connectivity index (χ0) is 18.9. The van der Waals surface area contributed by atoms with Gasteiger partial charge in [-0.1, -0.05) is 24.3 Å². The summed E-state index contributed by atoms with van der Waals surface area (Å²) in [5, 5.41) is 8.42. The van der Waals surface area contributed by atoms with Gasteiger partial charge >= 0.3 is 0 Å². The lowest BCUT2D eigenvalue weighted by molar-refractivity contribution is -0.124. The van der Waals surface area contributed by atoms with Gasteiger partial charge in [-0.3, -0.25) is 19.8 Å². The first-order chi connectivity index (χ1) is 12.5. The molecule has 0 aliphatic carbocycles. The van der Waals surface area contributed by atoms with Crippen molar-refractivity contribution in [1.29, 1.82) is 0 Å². The van der Waals surface area contributed by atoms with Gasteiger partial charge in [0.25, 0.3) is 5.91 Å². The number of ether oxygens (including phenoxy) is 1. The van der Waals surface area contributed by atoms with E-state index in [4.69, 9.17) is 9.94 Å². The zero-order valence-corrected chi connectivity index (χ0v) is 15.6. The van der Waals surface area contributed by atoms with Gasteiger partial charge in [-0.05, 0) is 51.3 Å². The molecule has 2 aromatic rings. The highest BCUT2D eigenvalue weighted by molar-refractivity contribution is 9.10. The van der Waals surface area contributed by atoms with E-state index in [1.165, 1.54) is 17.6 Å². The van der Waals surface area contributed by atoms with Crippen molar-refractivity contribution in [2.75, 3.05) is 13.7 Å². The number of aliphatic imine (C=N–C) groups is 1. The molecule has 0 heterocycles. The average molecular weight is 417 g/mol. The van der Waals surface area contributed by atoms with Crippen LogP contribution in [0.5, 0.6) is 5.75 Å². The number of halogens is 1. The molecule has 0 atom stereocenters. The monoisotopic (exact) mass is 416 g/mol. The molecule has 26 heavy (non-hydrogen) atoms. The molecule has 2 aromatic carbocycles. The predicted octanol–water partition coefficient (Wildman–Crippen LogP) is 3.28. The number of carbonyl (C=O) groups is 2. The van der Waals surface area contributed by atoms with E-state index in [-0.39, 0.29) is 12.3 Å². The maximum absolute atomic E-state index is 12.2. The number of nitrogens with one attached hydrogen (secondary N) is 1. The number of Topliss-reactive ketones (excluding diaryl/α,β-unsaturated/α-hetero) is 1. The Morgan fingerprint density at radius 3 is 2.50 bits per heavy atom. The number of carbonyl (C=O) groups excluding carboxylic acids is 2. The van der Waals surface area contributed by atoms with E-state index < -0.39 is 5.91 Å². The molecule has 0 saturated carbocycles. The van der Waals surface area contributed by atoms with Gasteiger partial charge in [0.15, 0.2) is 5.78 Å². The smallest absolute Gasteiger partial charge is 0.267 e. The molecule has 0 spiro atoms. The van der Waals surface area contributed by atoms with Crippen molar-refractivity contribution in [3.63, 3.8) is 0 Å². The molecule has 0 saturated heterocycles. The maximum atomic E-state index is 12.2. The molecule has 7 heteroatoms. The van der Waals surface area contributed by atoms with Crippen LogP contribution in [-0.2, 0) is 4.79 Å². The number of hydroxylamine groups is 1. The second kappa shape index (κ2) is 9.65. The van der Waals surface area contributed by atoms with E-state index in [1.54, 1.807) is 37.6 Å². The van der Waals surface area contributed by atoms with E-state index in [9.17, 15) is 9.59 Å². The molecular formula is C19H17BrN2O4. The number of benzene rings is 2. The van der Waals surface area contributed by atoms with Crippen LogP contribution in [0.15, 0.2) is 58.0 Å². The molecule has 0 fully saturated rings. The first kappa shape index (κ1) is 19.6. The van der Waals surface area contributed by atoms with Crippen molar-refractivity contribution >= 4 is 39.9 Å². The van der Waals surface area contributed by atoms with Crippen LogP contribution in [-0.4, -0.2) is 36.8 Å². The Balaban J connectivity index is 1.96. The third-order valence-corrected chi connectivity index (χ3v) is 4.04. The van der Waals surface area contributed by atoms with Crippen LogP contribution in [0.1, 0.15) is 21.5 Å². The third-order valence-electron chi connectivity index (χ3n) is 3.42. The molecule has 1 amide bonds. The molecule has 2 rings (SSSR count). The summed E-state index contributed by atoms with van der Waals surface area (Å²) in [7, 11) is 1.59. The first-order valence-corrected chi connectivity index (χ1v) is 8.41. The van der Waals surface area contributed by atoms with Gasteiger partial charge < -0.3 is 4.74 Å². The largest absolute Gasteiger partial charge is 0.496 e. The van der Waals surface area contributed by atoms with E-state index in [2.05, 4.69) is 20.9 Å². The lowest BCUT2D eigenvalue weighted by Crippen LogP contribution is -2.14. The second-order valence-corrected chi connectivity index (χ2v) is 6.07. The van der Waals surface area contributed by atoms with Gasteiger partial charge in [0.1, 0.15) is 12.3 Å². The van der Waals surface area contributed by atoms with Crippen LogP contribution < -0.4 is 10.2 Å². The summed E-state index contributed by atoms with van der Waals surface area (Å²) in [6.07, 6.45) is 4.35. The molecule has 0 aromatic heterocycles. The molecule has 0 unspecified atom stereocenters. The number of methoxy groups -OCH3 is 1.